The van der Waals surface area contributed by atoms with E-state index < -0.39 is 0 Å². The molecular weight excluding hydrogens is 250 g/mol. The van der Waals surface area contributed by atoms with Crippen LogP contribution in [0.1, 0.15) is 77.6 Å². The minimum absolute atomic E-state index is 0.781. The zero-order chi connectivity index (χ0) is 13.8. The molecule has 0 amide bonds. The van der Waals surface area contributed by atoms with E-state index in [2.05, 4.69) is 31.1 Å². The Bertz CT molecular complexity index is 190. The fraction of sp³-hybridized carbons (Fsp3) is 1.00. The highest BCUT2D eigenvalue weighted by atomic mass is 32.2. The second-order valence-electron chi connectivity index (χ2n) is 6.19. The third-order valence-corrected chi connectivity index (χ3v) is 5.57. The second-order valence-corrected chi connectivity index (χ2v) is 7.41. The normalized spacial score (nSPS) is 18.6. The molecule has 0 saturated carbocycles. The van der Waals surface area contributed by atoms with Crippen LogP contribution in [0.2, 0.25) is 0 Å². The average Bonchev–Trinajstić information content (AvgIpc) is 2.46. The number of nitrogens with one attached hydrogen (secondary N) is 1. The number of thioether (sulfide) groups is 1. The lowest BCUT2D eigenvalue weighted by molar-refractivity contribution is 0.356. The summed E-state index contributed by atoms with van der Waals surface area (Å²) in [5, 5.41) is 3.55. The predicted octanol–water partition coefficient (Wildman–Crippen LogP) is 5.25. The monoisotopic (exact) mass is 285 g/mol. The van der Waals surface area contributed by atoms with Crippen molar-refractivity contribution in [1.82, 2.24) is 5.32 Å². The summed E-state index contributed by atoms with van der Waals surface area (Å²) < 4.78 is 0. The Morgan fingerprint density at radius 3 is 2.26 bits per heavy atom. The molecule has 114 valence electrons. The molecule has 1 unspecified atom stereocenters. The molecule has 0 bridgehead atoms. The first-order valence-electron chi connectivity index (χ1n) is 8.61. The van der Waals surface area contributed by atoms with Crippen molar-refractivity contribution < 1.29 is 0 Å². The predicted molar refractivity (Wildman–Crippen MR) is 90.1 cm³/mol. The summed E-state index contributed by atoms with van der Waals surface area (Å²) in [7, 11) is 2.16. The Balaban J connectivity index is 1.98. The van der Waals surface area contributed by atoms with Crippen molar-refractivity contribution in [2.45, 2.75) is 83.6 Å². The third-order valence-electron chi connectivity index (χ3n) is 4.52. The first-order chi connectivity index (χ1) is 9.36. The molecule has 19 heavy (non-hydrogen) atoms. The lowest BCUT2D eigenvalue weighted by Gasteiger charge is -2.26. The van der Waals surface area contributed by atoms with E-state index in [0.29, 0.717) is 0 Å². The van der Waals surface area contributed by atoms with Crippen LogP contribution in [0, 0.1) is 5.92 Å². The van der Waals surface area contributed by atoms with Gasteiger partial charge >= 0.3 is 0 Å². The molecule has 0 aromatic carbocycles. The zero-order valence-electron chi connectivity index (χ0n) is 13.3. The summed E-state index contributed by atoms with van der Waals surface area (Å²) in [6.07, 6.45) is 15.8. The van der Waals surface area contributed by atoms with Crippen LogP contribution >= 0.6 is 11.8 Å². The van der Waals surface area contributed by atoms with Gasteiger partial charge in [-0.2, -0.15) is 11.8 Å². The van der Waals surface area contributed by atoms with Gasteiger partial charge in [0.1, 0.15) is 0 Å². The van der Waals surface area contributed by atoms with Gasteiger partial charge in [-0.1, -0.05) is 51.9 Å². The van der Waals surface area contributed by atoms with Crippen LogP contribution in [0.5, 0.6) is 0 Å². The largest absolute Gasteiger partial charge is 0.317 e. The van der Waals surface area contributed by atoms with Crippen molar-refractivity contribution >= 4 is 11.8 Å². The quantitative estimate of drug-likeness (QED) is 0.520. The number of rotatable bonds is 11. The zero-order valence-corrected chi connectivity index (χ0v) is 14.1. The van der Waals surface area contributed by atoms with E-state index in [1.54, 1.807) is 0 Å². The molecule has 1 aliphatic heterocycles. The average molecular weight is 286 g/mol. The maximum absolute atomic E-state index is 3.55. The lowest BCUT2D eigenvalue weighted by atomic mass is 9.91. The van der Waals surface area contributed by atoms with E-state index in [1.807, 2.05) is 0 Å². The number of hydrogen-bond acceptors (Lipinski definition) is 2. The molecule has 1 rings (SSSR count). The lowest BCUT2D eigenvalue weighted by Crippen LogP contribution is -2.29. The van der Waals surface area contributed by atoms with Gasteiger partial charge in [0.15, 0.2) is 0 Å². The Morgan fingerprint density at radius 2 is 1.63 bits per heavy atom. The molecule has 0 radical (unpaired) electrons. The molecule has 0 aromatic rings. The van der Waals surface area contributed by atoms with Gasteiger partial charge in [-0.3, -0.25) is 0 Å². The molecule has 1 N–H and O–H groups in total. The van der Waals surface area contributed by atoms with Crippen molar-refractivity contribution in [3.8, 4) is 0 Å². The van der Waals surface area contributed by atoms with Gasteiger partial charge in [0.25, 0.3) is 0 Å². The van der Waals surface area contributed by atoms with Crippen LogP contribution in [-0.4, -0.2) is 24.6 Å². The molecule has 0 spiro atoms. The van der Waals surface area contributed by atoms with Gasteiger partial charge in [0.05, 0.1) is 0 Å². The van der Waals surface area contributed by atoms with Crippen LogP contribution in [0.3, 0.4) is 0 Å². The van der Waals surface area contributed by atoms with E-state index in [9.17, 15) is 0 Å². The highest BCUT2D eigenvalue weighted by molar-refractivity contribution is 7.99. The minimum Gasteiger partial charge on any atom is -0.317 e. The number of hydrogen-bond donors (Lipinski definition) is 1. The van der Waals surface area contributed by atoms with Gasteiger partial charge in [-0.15, -0.1) is 0 Å². The Labute approximate surface area is 125 Å². The summed E-state index contributed by atoms with van der Waals surface area (Å²) >= 11 is 2.14. The molecule has 1 nitrogen and oxygen atoms in total. The van der Waals surface area contributed by atoms with Gasteiger partial charge in [-0.25, -0.2) is 0 Å². The molecule has 0 aliphatic carbocycles. The first kappa shape index (κ1) is 17.4. The Hall–Kier alpha value is 0.310. The van der Waals surface area contributed by atoms with Crippen LogP contribution in [0.25, 0.3) is 0 Å². The summed E-state index contributed by atoms with van der Waals surface area (Å²) in [4.78, 5) is 0. The highest BCUT2D eigenvalue weighted by Crippen LogP contribution is 2.27. The van der Waals surface area contributed by atoms with Crippen LogP contribution in [0.15, 0.2) is 0 Å². The van der Waals surface area contributed by atoms with Crippen LogP contribution in [0.4, 0.5) is 0 Å². The summed E-state index contributed by atoms with van der Waals surface area (Å²) in [6, 6.07) is 0.781. The smallest absolute Gasteiger partial charge is 0.00667 e. The highest BCUT2D eigenvalue weighted by Gasteiger charge is 2.17. The fourth-order valence-electron chi connectivity index (χ4n) is 3.11. The minimum atomic E-state index is 0.781. The van der Waals surface area contributed by atoms with Crippen molar-refractivity contribution in [3.63, 3.8) is 0 Å². The SMILES string of the molecule is CCCCCCCCCC(CC1CCSCC1)NC. The van der Waals surface area contributed by atoms with Gasteiger partial charge < -0.3 is 5.32 Å². The van der Waals surface area contributed by atoms with Gasteiger partial charge in [0.2, 0.25) is 0 Å². The topological polar surface area (TPSA) is 12.0 Å². The Kier molecular flexibility index (Phi) is 11.0. The molecule has 0 aromatic heterocycles. The molecule has 1 heterocycles. The fourth-order valence-corrected chi connectivity index (χ4v) is 4.32. The summed E-state index contributed by atoms with van der Waals surface area (Å²) in [5.74, 6) is 3.81. The first-order valence-corrected chi connectivity index (χ1v) is 9.77. The molecule has 1 aliphatic rings. The third kappa shape index (κ3) is 8.96. The standard InChI is InChI=1S/C17H35NS/c1-3-4-5-6-7-8-9-10-17(18-2)15-16-11-13-19-14-12-16/h16-18H,3-15H2,1-2H3. The van der Waals surface area contributed by atoms with Gasteiger partial charge in [-0.05, 0) is 50.2 Å². The van der Waals surface area contributed by atoms with E-state index in [-0.39, 0.29) is 0 Å². The summed E-state index contributed by atoms with van der Waals surface area (Å²) in [5.41, 5.74) is 0. The van der Waals surface area contributed by atoms with Crippen molar-refractivity contribution in [1.29, 1.82) is 0 Å². The maximum Gasteiger partial charge on any atom is 0.00667 e. The van der Waals surface area contributed by atoms with Crippen LogP contribution in [-0.2, 0) is 0 Å². The maximum atomic E-state index is 3.55. The van der Waals surface area contributed by atoms with Crippen LogP contribution < -0.4 is 5.32 Å². The Morgan fingerprint density at radius 1 is 1.00 bits per heavy atom. The number of unbranched alkanes of at least 4 members (excludes halogenated alkanes) is 6. The molecule has 1 saturated heterocycles. The molecule has 2 heteroatoms. The summed E-state index contributed by atoms with van der Waals surface area (Å²) in [6.45, 7) is 2.29. The molecular formula is C17H35NS. The van der Waals surface area contributed by atoms with E-state index in [0.717, 1.165) is 12.0 Å². The molecule has 1 fully saturated rings. The van der Waals surface area contributed by atoms with E-state index in [4.69, 9.17) is 0 Å². The van der Waals surface area contributed by atoms with E-state index in [1.165, 1.54) is 82.1 Å². The molecule has 1 atom stereocenters. The van der Waals surface area contributed by atoms with Gasteiger partial charge in [0, 0.05) is 6.04 Å². The second kappa shape index (κ2) is 12.1. The van der Waals surface area contributed by atoms with Crippen molar-refractivity contribution in [2.75, 3.05) is 18.6 Å². The van der Waals surface area contributed by atoms with E-state index >= 15 is 0 Å². The van der Waals surface area contributed by atoms with Crippen molar-refractivity contribution in [2.24, 2.45) is 5.92 Å². The van der Waals surface area contributed by atoms with Crippen molar-refractivity contribution in [3.05, 3.63) is 0 Å².